The summed E-state index contributed by atoms with van der Waals surface area (Å²) in [6.45, 7) is 1.89. The largest absolute Gasteiger partial charge is 0.386 e. The molecule has 3 aromatic rings. The number of hydrogen-bond acceptors (Lipinski definition) is 5. The number of aromatic nitrogens is 2. The average molecular weight is 341 g/mol. The van der Waals surface area contributed by atoms with Crippen LogP contribution in [-0.2, 0) is 6.42 Å². The van der Waals surface area contributed by atoms with Gasteiger partial charge in [-0.2, -0.15) is 4.98 Å². The third-order valence-corrected chi connectivity index (χ3v) is 3.94. The van der Waals surface area contributed by atoms with Gasteiger partial charge in [0.1, 0.15) is 12.8 Å². The number of nitrogens with zero attached hydrogens (tertiary/aromatic N) is 2. The van der Waals surface area contributed by atoms with E-state index in [-0.39, 0.29) is 0 Å². The van der Waals surface area contributed by atoms with Gasteiger partial charge in [0.15, 0.2) is 0 Å². The highest BCUT2D eigenvalue weighted by atomic mass is 19.1. The van der Waals surface area contributed by atoms with E-state index in [1.807, 2.05) is 31.2 Å². The molecule has 1 atom stereocenters. The Hall–Kier alpha value is -2.73. The summed E-state index contributed by atoms with van der Waals surface area (Å²) >= 11 is 0. The van der Waals surface area contributed by atoms with Crippen molar-refractivity contribution in [2.75, 3.05) is 18.5 Å². The van der Waals surface area contributed by atoms with Gasteiger partial charge in [-0.25, -0.2) is 4.39 Å². The van der Waals surface area contributed by atoms with Gasteiger partial charge < -0.3 is 14.9 Å². The van der Waals surface area contributed by atoms with Crippen LogP contribution in [0.3, 0.4) is 0 Å². The number of aliphatic hydroxyl groups is 1. The number of aryl methyl sites for hydroxylation is 1. The molecule has 25 heavy (non-hydrogen) atoms. The van der Waals surface area contributed by atoms with Gasteiger partial charge >= 0.3 is 0 Å². The second kappa shape index (κ2) is 7.90. The lowest BCUT2D eigenvalue weighted by Gasteiger charge is -2.07. The third kappa shape index (κ3) is 4.22. The predicted octanol–water partition coefficient (Wildman–Crippen LogP) is 3.70. The summed E-state index contributed by atoms with van der Waals surface area (Å²) in [6.07, 6.45) is -0.543. The molecule has 6 heteroatoms. The third-order valence-electron chi connectivity index (χ3n) is 3.94. The fourth-order valence-corrected chi connectivity index (χ4v) is 2.52. The van der Waals surface area contributed by atoms with E-state index in [9.17, 15) is 9.50 Å². The number of benzene rings is 2. The maximum absolute atomic E-state index is 12.6. The Balaban J connectivity index is 1.64. The van der Waals surface area contributed by atoms with Gasteiger partial charge in [-0.15, -0.1) is 0 Å². The Morgan fingerprint density at radius 3 is 2.84 bits per heavy atom. The molecule has 1 aromatic heterocycles. The van der Waals surface area contributed by atoms with Crippen LogP contribution in [0.1, 0.15) is 23.1 Å². The Morgan fingerprint density at radius 1 is 1.20 bits per heavy atom. The van der Waals surface area contributed by atoms with E-state index in [2.05, 4.69) is 15.5 Å². The first kappa shape index (κ1) is 17.1. The van der Waals surface area contributed by atoms with Crippen molar-refractivity contribution in [3.8, 4) is 11.4 Å². The molecule has 0 bridgehead atoms. The van der Waals surface area contributed by atoms with Crippen molar-refractivity contribution < 1.29 is 14.0 Å². The van der Waals surface area contributed by atoms with Crippen molar-refractivity contribution in [2.45, 2.75) is 19.4 Å². The van der Waals surface area contributed by atoms with Crippen LogP contribution in [0.2, 0.25) is 0 Å². The smallest absolute Gasteiger partial charge is 0.228 e. The number of hydrogen-bond donors (Lipinski definition) is 2. The van der Waals surface area contributed by atoms with Crippen LogP contribution in [0.15, 0.2) is 53.1 Å². The minimum Gasteiger partial charge on any atom is -0.386 e. The van der Waals surface area contributed by atoms with Gasteiger partial charge in [0.05, 0.1) is 0 Å². The van der Waals surface area contributed by atoms with E-state index in [0.29, 0.717) is 35.8 Å². The molecule has 0 saturated heterocycles. The maximum Gasteiger partial charge on any atom is 0.228 e. The molecule has 3 rings (SSSR count). The van der Waals surface area contributed by atoms with E-state index < -0.39 is 12.8 Å². The van der Waals surface area contributed by atoms with E-state index in [1.165, 1.54) is 5.56 Å². The number of rotatable bonds is 7. The zero-order valence-corrected chi connectivity index (χ0v) is 13.9. The van der Waals surface area contributed by atoms with Gasteiger partial charge in [0, 0.05) is 24.2 Å². The minimum atomic E-state index is -1.13. The van der Waals surface area contributed by atoms with Crippen LogP contribution in [0, 0.1) is 6.92 Å². The summed E-state index contributed by atoms with van der Waals surface area (Å²) in [6, 6.07) is 14.9. The first-order chi connectivity index (χ1) is 12.2. The molecule has 130 valence electrons. The highest BCUT2D eigenvalue weighted by molar-refractivity contribution is 5.55. The highest BCUT2D eigenvalue weighted by Crippen LogP contribution is 2.21. The Labute approximate surface area is 145 Å². The summed E-state index contributed by atoms with van der Waals surface area (Å²) in [5.74, 6) is 0.950. The molecule has 2 aromatic carbocycles. The van der Waals surface area contributed by atoms with Crippen LogP contribution >= 0.6 is 0 Å². The molecule has 0 radical (unpaired) electrons. The van der Waals surface area contributed by atoms with E-state index in [1.54, 1.807) is 24.3 Å². The molecule has 2 N–H and O–H groups in total. The summed E-state index contributed by atoms with van der Waals surface area (Å²) in [4.78, 5) is 4.37. The van der Waals surface area contributed by atoms with Crippen LogP contribution in [0.5, 0.6) is 0 Å². The Morgan fingerprint density at radius 2 is 2.04 bits per heavy atom. The second-order valence-electron chi connectivity index (χ2n) is 5.80. The molecule has 5 nitrogen and oxygen atoms in total. The topological polar surface area (TPSA) is 71.2 Å². The molecule has 0 saturated carbocycles. The van der Waals surface area contributed by atoms with Crippen molar-refractivity contribution >= 4 is 5.69 Å². The summed E-state index contributed by atoms with van der Waals surface area (Å²) in [5.41, 5.74) is 3.44. The van der Waals surface area contributed by atoms with Crippen LogP contribution in [0.4, 0.5) is 10.1 Å². The van der Waals surface area contributed by atoms with Crippen molar-refractivity contribution in [3.63, 3.8) is 0 Å². The fourth-order valence-electron chi connectivity index (χ4n) is 2.52. The van der Waals surface area contributed by atoms with Crippen molar-refractivity contribution in [1.29, 1.82) is 0 Å². The molecule has 0 aliphatic heterocycles. The molecule has 0 aliphatic rings. The average Bonchev–Trinajstić information content (AvgIpc) is 3.12. The number of halogens is 1. The zero-order valence-electron chi connectivity index (χ0n) is 13.9. The van der Waals surface area contributed by atoms with Gasteiger partial charge in [-0.05, 0) is 30.2 Å². The van der Waals surface area contributed by atoms with Gasteiger partial charge in [0.25, 0.3) is 0 Å². The lowest BCUT2D eigenvalue weighted by molar-refractivity contribution is 0.142. The quantitative estimate of drug-likeness (QED) is 0.685. The standard InChI is InChI=1S/C19H20FN3O2/c1-13-5-2-3-8-16(13)21-10-9-18-22-19(23-25-18)15-7-4-6-14(11-15)17(24)12-20/h2-8,11,17,21,24H,9-10,12H2,1H3. The van der Waals surface area contributed by atoms with Gasteiger partial charge in [0.2, 0.25) is 11.7 Å². The van der Waals surface area contributed by atoms with E-state index >= 15 is 0 Å². The normalized spacial score (nSPS) is 12.1. The fraction of sp³-hybridized carbons (Fsp3) is 0.263. The van der Waals surface area contributed by atoms with Crippen LogP contribution in [0.25, 0.3) is 11.4 Å². The molecule has 1 heterocycles. The summed E-state index contributed by atoms with van der Waals surface area (Å²) in [7, 11) is 0. The highest BCUT2D eigenvalue weighted by Gasteiger charge is 2.12. The first-order valence-electron chi connectivity index (χ1n) is 8.14. The van der Waals surface area contributed by atoms with Crippen LogP contribution in [-0.4, -0.2) is 28.5 Å². The van der Waals surface area contributed by atoms with Gasteiger partial charge in [-0.1, -0.05) is 41.6 Å². The van der Waals surface area contributed by atoms with Crippen molar-refractivity contribution in [2.24, 2.45) is 0 Å². The number of anilines is 1. The predicted molar refractivity (Wildman–Crippen MR) is 94.0 cm³/mol. The van der Waals surface area contributed by atoms with Crippen molar-refractivity contribution in [3.05, 3.63) is 65.5 Å². The molecular formula is C19H20FN3O2. The van der Waals surface area contributed by atoms with Crippen molar-refractivity contribution in [1.82, 2.24) is 10.1 Å². The first-order valence-corrected chi connectivity index (χ1v) is 8.14. The number of aliphatic hydroxyl groups excluding tert-OH is 1. The molecule has 0 fully saturated rings. The molecule has 0 amide bonds. The Kier molecular flexibility index (Phi) is 5.40. The van der Waals surface area contributed by atoms with E-state index in [4.69, 9.17) is 4.52 Å². The lowest BCUT2D eigenvalue weighted by Crippen LogP contribution is -2.06. The molecule has 0 spiro atoms. The maximum atomic E-state index is 12.6. The molecule has 0 aliphatic carbocycles. The van der Waals surface area contributed by atoms with E-state index in [0.717, 1.165) is 5.69 Å². The number of alkyl halides is 1. The monoisotopic (exact) mass is 341 g/mol. The SMILES string of the molecule is Cc1ccccc1NCCc1nc(-c2cccc(C(O)CF)c2)no1. The molecular weight excluding hydrogens is 321 g/mol. The Bertz CT molecular complexity index is 835. The van der Waals surface area contributed by atoms with Gasteiger partial charge in [-0.3, -0.25) is 0 Å². The minimum absolute atomic E-state index is 0.429. The second-order valence-corrected chi connectivity index (χ2v) is 5.80. The zero-order chi connectivity index (χ0) is 17.6. The molecule has 1 unspecified atom stereocenters. The number of nitrogens with one attached hydrogen (secondary N) is 1. The lowest BCUT2D eigenvalue weighted by atomic mass is 10.1. The summed E-state index contributed by atoms with van der Waals surface area (Å²) in [5, 5.41) is 16.9. The number of para-hydroxylation sites is 1. The summed E-state index contributed by atoms with van der Waals surface area (Å²) < 4.78 is 17.9. The van der Waals surface area contributed by atoms with Crippen LogP contribution < -0.4 is 5.32 Å².